The van der Waals surface area contributed by atoms with Crippen molar-refractivity contribution >= 4 is 11.9 Å². The van der Waals surface area contributed by atoms with Crippen LogP contribution in [-0.4, -0.2) is 23.5 Å². The maximum atomic E-state index is 12.8. The molecule has 34 heavy (non-hydrogen) atoms. The van der Waals surface area contributed by atoms with Crippen LogP contribution >= 0.6 is 0 Å². The first-order valence-electron chi connectivity index (χ1n) is 10.5. The quantitative estimate of drug-likeness (QED) is 0.437. The number of alkyl halides is 3. The SMILES string of the molecule is Cc1cc(OCc2ccc(C(=O)NCCC(=O)O)cc2)cc(C)c1-c1ccc(C(F)(F)F)cc1. The summed E-state index contributed by atoms with van der Waals surface area (Å²) in [6.07, 6.45) is -4.52. The number of halogens is 3. The smallest absolute Gasteiger partial charge is 0.416 e. The molecule has 0 aliphatic carbocycles. The zero-order valence-corrected chi connectivity index (χ0v) is 18.7. The molecule has 3 aromatic carbocycles. The summed E-state index contributed by atoms with van der Waals surface area (Å²) in [5, 5.41) is 11.2. The summed E-state index contributed by atoms with van der Waals surface area (Å²) in [7, 11) is 0. The van der Waals surface area contributed by atoms with E-state index in [1.165, 1.54) is 12.1 Å². The van der Waals surface area contributed by atoms with E-state index in [0.29, 0.717) is 16.9 Å². The zero-order valence-electron chi connectivity index (χ0n) is 18.7. The van der Waals surface area contributed by atoms with E-state index in [1.54, 1.807) is 24.3 Å². The molecule has 0 saturated carbocycles. The highest BCUT2D eigenvalue weighted by molar-refractivity contribution is 5.94. The minimum atomic E-state index is -4.37. The summed E-state index contributed by atoms with van der Waals surface area (Å²) in [6.45, 7) is 4.08. The molecule has 3 aromatic rings. The standard InChI is InChI=1S/C26H24F3NO4/c1-16-13-22(14-17(2)24(16)19-7-9-21(10-8-19)26(27,28)29)34-15-18-3-5-20(6-4-18)25(33)30-12-11-23(31)32/h3-10,13-14H,11-12,15H2,1-2H3,(H,30,33)(H,31,32). The van der Waals surface area contributed by atoms with Crippen LogP contribution in [0.15, 0.2) is 60.7 Å². The van der Waals surface area contributed by atoms with E-state index < -0.39 is 17.7 Å². The van der Waals surface area contributed by atoms with E-state index in [2.05, 4.69) is 5.32 Å². The summed E-state index contributed by atoms with van der Waals surface area (Å²) in [4.78, 5) is 22.5. The molecule has 1 amide bonds. The van der Waals surface area contributed by atoms with Gasteiger partial charge in [0.15, 0.2) is 0 Å². The summed E-state index contributed by atoms with van der Waals surface area (Å²) >= 11 is 0. The molecule has 0 aliphatic heterocycles. The number of ether oxygens (including phenoxy) is 1. The van der Waals surface area contributed by atoms with Crippen LogP contribution in [0.25, 0.3) is 11.1 Å². The second-order valence-corrected chi connectivity index (χ2v) is 7.89. The van der Waals surface area contributed by atoms with Crippen molar-refractivity contribution in [2.45, 2.75) is 33.1 Å². The first kappa shape index (κ1) is 24.8. The molecule has 178 valence electrons. The van der Waals surface area contributed by atoms with Gasteiger partial charge >= 0.3 is 12.1 Å². The van der Waals surface area contributed by atoms with Crippen LogP contribution in [0, 0.1) is 13.8 Å². The van der Waals surface area contributed by atoms with E-state index in [0.717, 1.165) is 34.4 Å². The van der Waals surface area contributed by atoms with Crippen molar-refractivity contribution < 1.29 is 32.6 Å². The molecule has 2 N–H and O–H groups in total. The molecule has 0 radical (unpaired) electrons. The summed E-state index contributed by atoms with van der Waals surface area (Å²) in [5.74, 6) is -0.703. The Labute approximate surface area is 195 Å². The number of nitrogens with one attached hydrogen (secondary N) is 1. The average Bonchev–Trinajstić information content (AvgIpc) is 2.77. The number of carbonyl (C=O) groups excluding carboxylic acids is 1. The van der Waals surface area contributed by atoms with Crippen molar-refractivity contribution in [3.8, 4) is 16.9 Å². The van der Waals surface area contributed by atoms with Crippen LogP contribution < -0.4 is 10.1 Å². The Balaban J connectivity index is 1.65. The molecule has 0 aliphatic rings. The third-order valence-corrected chi connectivity index (χ3v) is 5.25. The minimum absolute atomic E-state index is 0.0558. The van der Waals surface area contributed by atoms with E-state index in [9.17, 15) is 22.8 Å². The monoisotopic (exact) mass is 471 g/mol. The Morgan fingerprint density at radius 2 is 1.53 bits per heavy atom. The lowest BCUT2D eigenvalue weighted by molar-refractivity contribution is -0.138. The van der Waals surface area contributed by atoms with Gasteiger partial charge in [-0.1, -0.05) is 24.3 Å². The molecule has 0 fully saturated rings. The number of hydrogen-bond acceptors (Lipinski definition) is 3. The number of aliphatic carboxylic acids is 1. The van der Waals surface area contributed by atoms with Gasteiger partial charge in [-0.2, -0.15) is 13.2 Å². The van der Waals surface area contributed by atoms with Gasteiger partial charge in [0.25, 0.3) is 5.91 Å². The molecule has 3 rings (SSSR count). The third-order valence-electron chi connectivity index (χ3n) is 5.25. The van der Waals surface area contributed by atoms with Crippen LogP contribution in [0.2, 0.25) is 0 Å². The highest BCUT2D eigenvalue weighted by Crippen LogP contribution is 2.34. The number of amides is 1. The fourth-order valence-electron chi connectivity index (χ4n) is 3.59. The number of carboxylic acids is 1. The van der Waals surface area contributed by atoms with Crippen LogP contribution in [-0.2, 0) is 17.6 Å². The van der Waals surface area contributed by atoms with Crippen molar-refractivity contribution in [1.82, 2.24) is 5.32 Å². The molecule has 0 atom stereocenters. The number of carboxylic acid groups (broad SMARTS) is 1. The van der Waals surface area contributed by atoms with Crippen molar-refractivity contribution in [1.29, 1.82) is 0 Å². The second-order valence-electron chi connectivity index (χ2n) is 7.89. The molecule has 0 heterocycles. The first-order chi connectivity index (χ1) is 16.0. The van der Waals surface area contributed by atoms with Crippen molar-refractivity contribution in [3.63, 3.8) is 0 Å². The fraction of sp³-hybridized carbons (Fsp3) is 0.231. The molecule has 0 saturated heterocycles. The third kappa shape index (κ3) is 6.37. The van der Waals surface area contributed by atoms with Gasteiger partial charge in [0, 0.05) is 12.1 Å². The molecular formula is C26H24F3NO4. The molecule has 0 spiro atoms. The Bertz CT molecular complexity index is 1150. The summed E-state index contributed by atoms with van der Waals surface area (Å²) in [5.41, 5.74) is 3.89. The number of carbonyl (C=O) groups is 2. The molecular weight excluding hydrogens is 447 g/mol. The largest absolute Gasteiger partial charge is 0.489 e. The van der Waals surface area contributed by atoms with Crippen molar-refractivity contribution in [2.75, 3.05) is 6.54 Å². The first-order valence-corrected chi connectivity index (χ1v) is 10.5. The van der Waals surface area contributed by atoms with Gasteiger partial charge in [-0.3, -0.25) is 9.59 Å². The van der Waals surface area contributed by atoms with Crippen LogP contribution in [0.4, 0.5) is 13.2 Å². The second kappa shape index (κ2) is 10.4. The molecule has 8 heteroatoms. The van der Waals surface area contributed by atoms with E-state index >= 15 is 0 Å². The van der Waals surface area contributed by atoms with Gasteiger partial charge in [0.1, 0.15) is 12.4 Å². The molecule has 5 nitrogen and oxygen atoms in total. The van der Waals surface area contributed by atoms with E-state index in [4.69, 9.17) is 9.84 Å². The normalized spacial score (nSPS) is 11.2. The van der Waals surface area contributed by atoms with Gasteiger partial charge in [-0.15, -0.1) is 0 Å². The molecule has 0 unspecified atom stereocenters. The predicted molar refractivity (Wildman–Crippen MR) is 122 cm³/mol. The van der Waals surface area contributed by atoms with Crippen LogP contribution in [0.3, 0.4) is 0 Å². The Hall–Kier alpha value is -3.81. The Kier molecular flexibility index (Phi) is 7.61. The Morgan fingerprint density at radius 3 is 2.06 bits per heavy atom. The van der Waals surface area contributed by atoms with Gasteiger partial charge in [-0.05, 0) is 78.1 Å². The van der Waals surface area contributed by atoms with E-state index in [-0.39, 0.29) is 25.5 Å². The number of rotatable bonds is 8. The maximum absolute atomic E-state index is 12.8. The lowest BCUT2D eigenvalue weighted by atomic mass is 9.94. The Morgan fingerprint density at radius 1 is 0.941 bits per heavy atom. The maximum Gasteiger partial charge on any atom is 0.416 e. The van der Waals surface area contributed by atoms with Gasteiger partial charge in [0.2, 0.25) is 0 Å². The molecule has 0 bridgehead atoms. The highest BCUT2D eigenvalue weighted by Gasteiger charge is 2.30. The lowest BCUT2D eigenvalue weighted by Gasteiger charge is -2.15. The predicted octanol–water partition coefficient (Wildman–Crippen LogP) is 5.77. The van der Waals surface area contributed by atoms with Gasteiger partial charge in [-0.25, -0.2) is 0 Å². The average molecular weight is 471 g/mol. The van der Waals surface area contributed by atoms with Gasteiger partial charge in [0.05, 0.1) is 12.0 Å². The zero-order chi connectivity index (χ0) is 24.9. The van der Waals surface area contributed by atoms with E-state index in [1.807, 2.05) is 26.0 Å². The lowest BCUT2D eigenvalue weighted by Crippen LogP contribution is -2.25. The van der Waals surface area contributed by atoms with Gasteiger partial charge < -0.3 is 15.2 Å². The summed E-state index contributed by atoms with van der Waals surface area (Å²) < 4.78 is 44.4. The number of hydrogen-bond donors (Lipinski definition) is 2. The van der Waals surface area contributed by atoms with Crippen molar-refractivity contribution in [3.05, 3.63) is 88.5 Å². The number of aryl methyl sites for hydroxylation is 2. The topological polar surface area (TPSA) is 75.6 Å². The number of benzene rings is 3. The molecule has 0 aromatic heterocycles. The minimum Gasteiger partial charge on any atom is -0.489 e. The van der Waals surface area contributed by atoms with Crippen molar-refractivity contribution in [2.24, 2.45) is 0 Å². The van der Waals surface area contributed by atoms with Crippen LogP contribution in [0.5, 0.6) is 5.75 Å². The fourth-order valence-corrected chi connectivity index (χ4v) is 3.59. The highest BCUT2D eigenvalue weighted by atomic mass is 19.4. The summed E-state index contributed by atoms with van der Waals surface area (Å²) in [6, 6.07) is 15.6. The van der Waals surface area contributed by atoms with Crippen LogP contribution in [0.1, 0.15) is 39.0 Å².